The molecule has 0 radical (unpaired) electrons. The Bertz CT molecular complexity index is 621. The molecule has 0 aliphatic heterocycles. The van der Waals surface area contributed by atoms with Gasteiger partial charge in [-0.05, 0) is 37.1 Å². The summed E-state index contributed by atoms with van der Waals surface area (Å²) in [5, 5.41) is 6.61. The molecule has 0 atom stereocenters. The van der Waals surface area contributed by atoms with Crippen LogP contribution in [0.3, 0.4) is 0 Å². The van der Waals surface area contributed by atoms with Crippen LogP contribution in [0.2, 0.25) is 0 Å². The summed E-state index contributed by atoms with van der Waals surface area (Å²) in [6.45, 7) is 6.22. The zero-order valence-corrected chi connectivity index (χ0v) is 14.7. The molecule has 1 aromatic carbocycles. The summed E-state index contributed by atoms with van der Waals surface area (Å²) in [6.07, 6.45) is 2.76. The molecule has 0 aliphatic rings. The van der Waals surface area contributed by atoms with Crippen LogP contribution < -0.4 is 10.6 Å². The number of ether oxygens (including phenoxy) is 1. The van der Waals surface area contributed by atoms with E-state index in [2.05, 4.69) is 39.9 Å². The van der Waals surface area contributed by atoms with Crippen molar-refractivity contribution in [3.8, 4) is 0 Å². The van der Waals surface area contributed by atoms with Crippen molar-refractivity contribution in [1.82, 2.24) is 10.6 Å². The first-order valence-electron chi connectivity index (χ1n) is 8.33. The lowest BCUT2D eigenvalue weighted by Gasteiger charge is -2.12. The number of furan rings is 1. The van der Waals surface area contributed by atoms with Gasteiger partial charge in [-0.25, -0.2) is 0 Å². The van der Waals surface area contributed by atoms with Crippen LogP contribution in [0.4, 0.5) is 0 Å². The summed E-state index contributed by atoms with van der Waals surface area (Å²) in [5.41, 5.74) is 2.39. The standard InChI is InChI=1S/C19H27N3O2/c1-15(2)24-14-17-7-4-6-16(12-17)13-22-19(20-3)21-10-9-18-8-5-11-23-18/h4-8,11-12,15H,9-10,13-14H2,1-3H3,(H2,20,21,22). The van der Waals surface area contributed by atoms with Crippen LogP contribution in [0.5, 0.6) is 0 Å². The van der Waals surface area contributed by atoms with E-state index in [4.69, 9.17) is 9.15 Å². The van der Waals surface area contributed by atoms with Crippen LogP contribution in [-0.2, 0) is 24.3 Å². The lowest BCUT2D eigenvalue weighted by molar-refractivity contribution is 0.0657. The van der Waals surface area contributed by atoms with Crippen molar-refractivity contribution in [2.45, 2.75) is 39.5 Å². The van der Waals surface area contributed by atoms with E-state index in [-0.39, 0.29) is 6.10 Å². The van der Waals surface area contributed by atoms with Crippen LogP contribution in [0, 0.1) is 0 Å². The highest BCUT2D eigenvalue weighted by Gasteiger charge is 2.02. The smallest absolute Gasteiger partial charge is 0.191 e. The molecule has 0 spiro atoms. The van der Waals surface area contributed by atoms with Gasteiger partial charge in [0.2, 0.25) is 0 Å². The second-order valence-electron chi connectivity index (χ2n) is 5.86. The maximum atomic E-state index is 5.65. The molecule has 5 nitrogen and oxygen atoms in total. The van der Waals surface area contributed by atoms with Crippen molar-refractivity contribution in [2.24, 2.45) is 4.99 Å². The molecule has 0 unspecified atom stereocenters. The molecule has 0 bridgehead atoms. The Morgan fingerprint density at radius 2 is 2.00 bits per heavy atom. The topological polar surface area (TPSA) is 58.8 Å². The normalized spacial score (nSPS) is 11.8. The van der Waals surface area contributed by atoms with E-state index in [1.54, 1.807) is 13.3 Å². The Morgan fingerprint density at radius 1 is 1.17 bits per heavy atom. The fraction of sp³-hybridized carbons (Fsp3) is 0.421. The van der Waals surface area contributed by atoms with E-state index in [1.807, 2.05) is 26.0 Å². The van der Waals surface area contributed by atoms with E-state index in [0.29, 0.717) is 6.61 Å². The highest BCUT2D eigenvalue weighted by Crippen LogP contribution is 2.08. The van der Waals surface area contributed by atoms with Gasteiger partial charge < -0.3 is 19.8 Å². The second kappa shape index (κ2) is 9.78. The van der Waals surface area contributed by atoms with Crippen molar-refractivity contribution >= 4 is 5.96 Å². The molecule has 0 aliphatic carbocycles. The predicted octanol–water partition coefficient (Wildman–Crippen LogP) is 3.11. The summed E-state index contributed by atoms with van der Waals surface area (Å²) < 4.78 is 11.0. The minimum atomic E-state index is 0.240. The third kappa shape index (κ3) is 6.46. The third-order valence-corrected chi connectivity index (χ3v) is 3.50. The monoisotopic (exact) mass is 329 g/mol. The van der Waals surface area contributed by atoms with Gasteiger partial charge in [0.1, 0.15) is 5.76 Å². The van der Waals surface area contributed by atoms with Crippen molar-refractivity contribution in [1.29, 1.82) is 0 Å². The number of aliphatic imine (C=N–C) groups is 1. The zero-order chi connectivity index (χ0) is 17.2. The van der Waals surface area contributed by atoms with Crippen molar-refractivity contribution < 1.29 is 9.15 Å². The Balaban J connectivity index is 1.76. The second-order valence-corrected chi connectivity index (χ2v) is 5.86. The number of nitrogens with one attached hydrogen (secondary N) is 2. The van der Waals surface area contributed by atoms with Crippen LogP contribution in [0.1, 0.15) is 30.7 Å². The predicted molar refractivity (Wildman–Crippen MR) is 97.0 cm³/mol. The maximum absolute atomic E-state index is 5.65. The van der Waals surface area contributed by atoms with Gasteiger partial charge in [-0.15, -0.1) is 0 Å². The fourth-order valence-electron chi connectivity index (χ4n) is 2.26. The summed E-state index contributed by atoms with van der Waals surface area (Å²) in [7, 11) is 1.77. The van der Waals surface area contributed by atoms with Gasteiger partial charge in [0.25, 0.3) is 0 Å². The molecular formula is C19H27N3O2. The number of guanidine groups is 1. The molecule has 1 aromatic heterocycles. The van der Waals surface area contributed by atoms with Gasteiger partial charge in [0, 0.05) is 26.6 Å². The van der Waals surface area contributed by atoms with Crippen LogP contribution in [0.15, 0.2) is 52.1 Å². The molecule has 0 saturated carbocycles. The summed E-state index contributed by atoms with van der Waals surface area (Å²) in [4.78, 5) is 4.24. The maximum Gasteiger partial charge on any atom is 0.191 e. The van der Waals surface area contributed by atoms with E-state index in [0.717, 1.165) is 31.2 Å². The van der Waals surface area contributed by atoms with Crippen LogP contribution in [-0.4, -0.2) is 25.7 Å². The van der Waals surface area contributed by atoms with Crippen molar-refractivity contribution in [3.05, 3.63) is 59.5 Å². The molecule has 24 heavy (non-hydrogen) atoms. The number of benzene rings is 1. The average Bonchev–Trinajstić information content (AvgIpc) is 3.10. The minimum Gasteiger partial charge on any atom is -0.469 e. The minimum absolute atomic E-state index is 0.240. The van der Waals surface area contributed by atoms with E-state index in [9.17, 15) is 0 Å². The van der Waals surface area contributed by atoms with Crippen molar-refractivity contribution in [2.75, 3.05) is 13.6 Å². The largest absolute Gasteiger partial charge is 0.469 e. The summed E-state index contributed by atoms with van der Waals surface area (Å²) in [5.74, 6) is 1.75. The molecule has 0 amide bonds. The molecule has 2 N–H and O–H groups in total. The number of hydrogen-bond acceptors (Lipinski definition) is 3. The Morgan fingerprint density at radius 3 is 2.71 bits per heavy atom. The Hall–Kier alpha value is -2.27. The molecule has 0 fully saturated rings. The first-order valence-corrected chi connectivity index (χ1v) is 8.33. The molecule has 5 heteroatoms. The molecule has 1 heterocycles. The SMILES string of the molecule is CN=C(NCCc1ccco1)NCc1cccc(COC(C)C)c1. The van der Waals surface area contributed by atoms with Gasteiger partial charge in [0.15, 0.2) is 5.96 Å². The zero-order valence-electron chi connectivity index (χ0n) is 14.7. The van der Waals surface area contributed by atoms with Gasteiger partial charge >= 0.3 is 0 Å². The Kier molecular flexibility index (Phi) is 7.36. The highest BCUT2D eigenvalue weighted by atomic mass is 16.5. The first kappa shape index (κ1) is 18.1. The van der Waals surface area contributed by atoms with E-state index >= 15 is 0 Å². The van der Waals surface area contributed by atoms with E-state index in [1.165, 1.54) is 11.1 Å². The number of nitrogens with zero attached hydrogens (tertiary/aromatic N) is 1. The van der Waals surface area contributed by atoms with E-state index < -0.39 is 0 Å². The van der Waals surface area contributed by atoms with Crippen LogP contribution >= 0.6 is 0 Å². The summed E-state index contributed by atoms with van der Waals surface area (Å²) in [6, 6.07) is 12.3. The third-order valence-electron chi connectivity index (χ3n) is 3.50. The number of hydrogen-bond donors (Lipinski definition) is 2. The quantitative estimate of drug-likeness (QED) is 0.577. The van der Waals surface area contributed by atoms with Gasteiger partial charge in [-0.2, -0.15) is 0 Å². The molecule has 2 aromatic rings. The molecule has 0 saturated heterocycles. The first-order chi connectivity index (χ1) is 11.7. The lowest BCUT2D eigenvalue weighted by Crippen LogP contribution is -2.37. The summed E-state index contributed by atoms with van der Waals surface area (Å²) >= 11 is 0. The molecule has 2 rings (SSSR count). The molecular weight excluding hydrogens is 302 g/mol. The highest BCUT2D eigenvalue weighted by molar-refractivity contribution is 5.79. The van der Waals surface area contributed by atoms with Crippen LogP contribution in [0.25, 0.3) is 0 Å². The van der Waals surface area contributed by atoms with Gasteiger partial charge in [0.05, 0.1) is 19.0 Å². The van der Waals surface area contributed by atoms with Gasteiger partial charge in [-0.3, -0.25) is 4.99 Å². The average molecular weight is 329 g/mol. The van der Waals surface area contributed by atoms with Gasteiger partial charge in [-0.1, -0.05) is 24.3 Å². The fourth-order valence-corrected chi connectivity index (χ4v) is 2.26. The molecule has 130 valence electrons. The number of rotatable bonds is 8. The lowest BCUT2D eigenvalue weighted by atomic mass is 10.1. The van der Waals surface area contributed by atoms with Crippen molar-refractivity contribution in [3.63, 3.8) is 0 Å². The Labute approximate surface area is 144 Å².